The summed E-state index contributed by atoms with van der Waals surface area (Å²) in [6.45, 7) is 2.63. The van der Waals surface area contributed by atoms with E-state index in [0.717, 1.165) is 17.0 Å². The van der Waals surface area contributed by atoms with Gasteiger partial charge >= 0.3 is 6.03 Å². The highest BCUT2D eigenvalue weighted by molar-refractivity contribution is 6.02. The fourth-order valence-corrected chi connectivity index (χ4v) is 2.01. The second-order valence-corrected chi connectivity index (χ2v) is 4.65. The normalized spacial score (nSPS) is 15.3. The minimum Gasteiger partial charge on any atom is -0.370 e. The predicted molar refractivity (Wildman–Crippen MR) is 81.0 cm³/mol. The number of hydrogen-bond donors (Lipinski definition) is 3. The van der Waals surface area contributed by atoms with E-state index in [4.69, 9.17) is 5.73 Å². The van der Waals surface area contributed by atoms with Crippen LogP contribution in [0.25, 0.3) is 0 Å². The minimum absolute atomic E-state index is 0.0556. The van der Waals surface area contributed by atoms with E-state index in [1.807, 2.05) is 24.3 Å². The molecule has 3 amide bonds. The molecule has 0 radical (unpaired) electrons. The first-order valence-electron chi connectivity index (χ1n) is 6.84. The summed E-state index contributed by atoms with van der Waals surface area (Å²) in [5.74, 6) is 0.0210. The molecular weight excluding hydrogens is 270 g/mol. The molecule has 0 bridgehead atoms. The molecule has 0 aromatic heterocycles. The molecule has 0 spiro atoms. The fourth-order valence-electron chi connectivity index (χ4n) is 2.01. The molecule has 0 saturated carbocycles. The van der Waals surface area contributed by atoms with Gasteiger partial charge in [-0.1, -0.05) is 19.1 Å². The van der Waals surface area contributed by atoms with Crippen molar-refractivity contribution < 1.29 is 9.59 Å². The lowest BCUT2D eigenvalue weighted by Crippen LogP contribution is -2.34. The number of urea groups is 1. The standard InChI is InChI=1S/C14H19N5O2/c1-2-10-4-3-5-11(8-10)18-13(15)16-6-7-19-12(20)9-17-14(19)21/h3-5,8H,2,6-7,9H2,1H3,(H,17,21)(H3,15,16,18). The van der Waals surface area contributed by atoms with Gasteiger partial charge in [0.05, 0.1) is 19.6 Å². The molecule has 7 heteroatoms. The number of amides is 3. The van der Waals surface area contributed by atoms with Gasteiger partial charge in [0.15, 0.2) is 5.96 Å². The molecule has 1 heterocycles. The summed E-state index contributed by atoms with van der Waals surface area (Å²) < 4.78 is 0. The van der Waals surface area contributed by atoms with Crippen molar-refractivity contribution in [2.45, 2.75) is 13.3 Å². The molecule has 112 valence electrons. The van der Waals surface area contributed by atoms with Gasteiger partial charge in [-0.15, -0.1) is 0 Å². The Morgan fingerprint density at radius 3 is 2.95 bits per heavy atom. The number of imide groups is 1. The highest BCUT2D eigenvalue weighted by atomic mass is 16.2. The lowest BCUT2D eigenvalue weighted by molar-refractivity contribution is -0.124. The van der Waals surface area contributed by atoms with E-state index in [9.17, 15) is 9.59 Å². The Labute approximate surface area is 123 Å². The third kappa shape index (κ3) is 3.95. The van der Waals surface area contributed by atoms with Gasteiger partial charge in [-0.05, 0) is 24.1 Å². The van der Waals surface area contributed by atoms with Crippen molar-refractivity contribution in [3.8, 4) is 0 Å². The molecule has 0 unspecified atom stereocenters. The topological polar surface area (TPSA) is 99.8 Å². The van der Waals surface area contributed by atoms with Crippen molar-refractivity contribution in [2.24, 2.45) is 10.7 Å². The summed E-state index contributed by atoms with van der Waals surface area (Å²) in [6.07, 6.45) is 0.943. The van der Waals surface area contributed by atoms with Crippen LogP contribution >= 0.6 is 0 Å². The van der Waals surface area contributed by atoms with E-state index in [1.54, 1.807) is 0 Å². The quantitative estimate of drug-likeness (QED) is 0.418. The first-order chi connectivity index (χ1) is 10.1. The smallest absolute Gasteiger partial charge is 0.324 e. The van der Waals surface area contributed by atoms with Crippen LogP contribution in [0.1, 0.15) is 12.5 Å². The predicted octanol–water partition coefficient (Wildman–Crippen LogP) is 0.527. The largest absolute Gasteiger partial charge is 0.370 e. The van der Waals surface area contributed by atoms with Crippen LogP contribution in [0.15, 0.2) is 29.3 Å². The van der Waals surface area contributed by atoms with Crippen LogP contribution in [0.3, 0.4) is 0 Å². The van der Waals surface area contributed by atoms with Crippen LogP contribution in [0.4, 0.5) is 10.5 Å². The number of hydrogen-bond acceptors (Lipinski definition) is 3. The number of nitrogens with zero attached hydrogens (tertiary/aromatic N) is 2. The van der Waals surface area contributed by atoms with Gasteiger partial charge in [-0.2, -0.15) is 0 Å². The van der Waals surface area contributed by atoms with Crippen molar-refractivity contribution >= 4 is 23.6 Å². The molecule has 1 fully saturated rings. The molecule has 1 aromatic rings. The number of benzene rings is 1. The Morgan fingerprint density at radius 1 is 1.48 bits per heavy atom. The highest BCUT2D eigenvalue weighted by Gasteiger charge is 2.27. The van der Waals surface area contributed by atoms with Gasteiger partial charge in [0, 0.05) is 5.69 Å². The van der Waals surface area contributed by atoms with Gasteiger partial charge in [0.1, 0.15) is 0 Å². The van der Waals surface area contributed by atoms with Crippen molar-refractivity contribution in [1.29, 1.82) is 0 Å². The summed E-state index contributed by atoms with van der Waals surface area (Å²) in [5, 5.41) is 5.44. The van der Waals surface area contributed by atoms with Crippen LogP contribution in [0.2, 0.25) is 0 Å². The number of carbonyl (C=O) groups is 2. The number of guanidine groups is 1. The zero-order valence-corrected chi connectivity index (χ0v) is 11.9. The molecule has 21 heavy (non-hydrogen) atoms. The van der Waals surface area contributed by atoms with Crippen LogP contribution < -0.4 is 16.4 Å². The second kappa shape index (κ2) is 6.74. The molecule has 1 saturated heterocycles. The molecule has 4 N–H and O–H groups in total. The molecule has 0 aliphatic carbocycles. The molecule has 7 nitrogen and oxygen atoms in total. The Hall–Kier alpha value is -2.57. The lowest BCUT2D eigenvalue weighted by atomic mass is 10.1. The van der Waals surface area contributed by atoms with Crippen LogP contribution in [0.5, 0.6) is 0 Å². The number of nitrogens with one attached hydrogen (secondary N) is 2. The van der Waals surface area contributed by atoms with Crippen LogP contribution in [0, 0.1) is 0 Å². The molecular formula is C14H19N5O2. The maximum atomic E-state index is 11.4. The highest BCUT2D eigenvalue weighted by Crippen LogP contribution is 2.10. The van der Waals surface area contributed by atoms with Crippen LogP contribution in [-0.4, -0.2) is 42.4 Å². The maximum Gasteiger partial charge on any atom is 0.324 e. The fraction of sp³-hybridized carbons (Fsp3) is 0.357. The van der Waals surface area contributed by atoms with Crippen molar-refractivity contribution in [3.05, 3.63) is 29.8 Å². The van der Waals surface area contributed by atoms with Crippen molar-refractivity contribution in [1.82, 2.24) is 10.2 Å². The number of rotatable bonds is 5. The van der Waals surface area contributed by atoms with E-state index in [-0.39, 0.29) is 37.5 Å². The van der Waals surface area contributed by atoms with Gasteiger partial charge < -0.3 is 16.4 Å². The average Bonchev–Trinajstić information content (AvgIpc) is 2.79. The van der Waals surface area contributed by atoms with E-state index < -0.39 is 0 Å². The summed E-state index contributed by atoms with van der Waals surface area (Å²) in [5.41, 5.74) is 7.85. The summed E-state index contributed by atoms with van der Waals surface area (Å²) >= 11 is 0. The summed E-state index contributed by atoms with van der Waals surface area (Å²) in [6, 6.07) is 7.51. The van der Waals surface area contributed by atoms with E-state index >= 15 is 0 Å². The first-order valence-corrected chi connectivity index (χ1v) is 6.84. The first kappa shape index (κ1) is 14.8. The third-order valence-electron chi connectivity index (χ3n) is 3.15. The molecule has 1 aromatic carbocycles. The van der Waals surface area contributed by atoms with Gasteiger partial charge in [-0.25, -0.2) is 4.79 Å². The average molecular weight is 289 g/mol. The number of carbonyl (C=O) groups excluding carboxylic acids is 2. The molecule has 2 rings (SSSR count). The van der Waals surface area contributed by atoms with Crippen molar-refractivity contribution in [3.63, 3.8) is 0 Å². The SMILES string of the molecule is CCc1cccc(NC(N)=NCCN2C(=O)CNC2=O)c1. The number of anilines is 1. The zero-order valence-electron chi connectivity index (χ0n) is 11.9. The number of nitrogens with two attached hydrogens (primary N) is 1. The van der Waals surface area contributed by atoms with Gasteiger partial charge in [0.25, 0.3) is 0 Å². The monoisotopic (exact) mass is 289 g/mol. The van der Waals surface area contributed by atoms with E-state index in [2.05, 4.69) is 22.5 Å². The van der Waals surface area contributed by atoms with Crippen LogP contribution in [-0.2, 0) is 11.2 Å². The van der Waals surface area contributed by atoms with Gasteiger partial charge in [-0.3, -0.25) is 14.7 Å². The zero-order chi connectivity index (χ0) is 15.2. The number of aliphatic imine (C=N–C) groups is 1. The Kier molecular flexibility index (Phi) is 4.76. The minimum atomic E-state index is -0.377. The Balaban J connectivity index is 1.86. The maximum absolute atomic E-state index is 11.4. The number of aryl methyl sites for hydroxylation is 1. The third-order valence-corrected chi connectivity index (χ3v) is 3.15. The summed E-state index contributed by atoms with van der Waals surface area (Å²) in [4.78, 5) is 27.9. The van der Waals surface area contributed by atoms with E-state index in [1.165, 1.54) is 5.56 Å². The summed E-state index contributed by atoms with van der Waals surface area (Å²) in [7, 11) is 0. The molecule has 0 atom stereocenters. The van der Waals surface area contributed by atoms with Crippen molar-refractivity contribution in [2.75, 3.05) is 25.0 Å². The Bertz CT molecular complexity index is 554. The molecule has 1 aliphatic heterocycles. The second-order valence-electron chi connectivity index (χ2n) is 4.65. The Morgan fingerprint density at radius 2 is 2.29 bits per heavy atom. The molecule has 1 aliphatic rings. The van der Waals surface area contributed by atoms with Gasteiger partial charge in [0.2, 0.25) is 5.91 Å². The van der Waals surface area contributed by atoms with E-state index in [0.29, 0.717) is 0 Å². The lowest BCUT2D eigenvalue weighted by Gasteiger charge is -2.11.